The number of thiocarbonyl (C=S) groups is 1. The Kier molecular flexibility index (Phi) is 5.84. The van der Waals surface area contributed by atoms with E-state index in [1.807, 2.05) is 12.1 Å². The Balaban J connectivity index is 2.63. The van der Waals surface area contributed by atoms with E-state index in [0.717, 1.165) is 11.1 Å². The topological polar surface area (TPSA) is 81.4 Å². The molecular formula is C15H20N2O3S. The number of hydrogen-bond donors (Lipinski definition) is 2. The van der Waals surface area contributed by atoms with E-state index in [-0.39, 0.29) is 0 Å². The normalized spacial score (nSPS) is 12.3. The summed E-state index contributed by atoms with van der Waals surface area (Å²) in [5, 5.41) is 2.53. The average Bonchev–Trinajstić information content (AvgIpc) is 2.36. The van der Waals surface area contributed by atoms with Crippen LogP contribution in [0.2, 0.25) is 0 Å². The van der Waals surface area contributed by atoms with Crippen LogP contribution in [-0.2, 0) is 16.0 Å². The lowest BCUT2D eigenvalue weighted by atomic mass is 10.0. The molecule has 21 heavy (non-hydrogen) atoms. The van der Waals surface area contributed by atoms with Gasteiger partial charge in [-0.05, 0) is 32.8 Å². The highest BCUT2D eigenvalue weighted by Crippen LogP contribution is 2.09. The molecule has 0 bridgehead atoms. The van der Waals surface area contributed by atoms with Crippen LogP contribution < -0.4 is 11.1 Å². The van der Waals surface area contributed by atoms with Crippen LogP contribution in [0.15, 0.2) is 24.3 Å². The highest BCUT2D eigenvalue weighted by Gasteiger charge is 2.19. The van der Waals surface area contributed by atoms with Crippen molar-refractivity contribution in [2.24, 2.45) is 5.73 Å². The van der Waals surface area contributed by atoms with Crippen LogP contribution in [0, 0.1) is 0 Å². The minimum atomic E-state index is -0.643. The summed E-state index contributed by atoms with van der Waals surface area (Å²) >= 11 is 4.87. The number of alkyl carbamates (subject to hydrolysis) is 1. The van der Waals surface area contributed by atoms with Gasteiger partial charge in [0.25, 0.3) is 0 Å². The van der Waals surface area contributed by atoms with Crippen LogP contribution in [0.5, 0.6) is 0 Å². The maximum absolute atomic E-state index is 11.6. The van der Waals surface area contributed by atoms with Crippen molar-refractivity contribution >= 4 is 29.6 Å². The van der Waals surface area contributed by atoms with Gasteiger partial charge in [-0.3, -0.25) is 0 Å². The monoisotopic (exact) mass is 308 g/mol. The predicted octanol–water partition coefficient (Wildman–Crippen LogP) is 1.96. The Hall–Kier alpha value is -1.95. The molecular weight excluding hydrogens is 288 g/mol. The molecule has 114 valence electrons. The largest absolute Gasteiger partial charge is 0.444 e. The van der Waals surface area contributed by atoms with Gasteiger partial charge in [-0.1, -0.05) is 36.5 Å². The summed E-state index contributed by atoms with van der Waals surface area (Å²) in [6, 6.07) is 6.57. The smallest absolute Gasteiger partial charge is 0.408 e. The van der Waals surface area contributed by atoms with Crippen LogP contribution in [-0.4, -0.2) is 29.0 Å². The molecule has 1 rings (SSSR count). The second-order valence-corrected chi connectivity index (χ2v) is 6.09. The van der Waals surface area contributed by atoms with Crippen LogP contribution >= 0.6 is 12.2 Å². The molecule has 3 N–H and O–H groups in total. The highest BCUT2D eigenvalue weighted by molar-refractivity contribution is 7.80. The molecule has 0 aliphatic carbocycles. The third-order valence-electron chi connectivity index (χ3n) is 2.56. The first-order valence-electron chi connectivity index (χ1n) is 6.55. The van der Waals surface area contributed by atoms with Crippen molar-refractivity contribution in [3.05, 3.63) is 35.4 Å². The fraction of sp³-hybridized carbons (Fsp3) is 0.400. The maximum atomic E-state index is 11.6. The number of rotatable bonds is 5. The summed E-state index contributed by atoms with van der Waals surface area (Å²) in [6.07, 6.45) is 0.450. The molecule has 0 radical (unpaired) electrons. The van der Waals surface area contributed by atoms with Crippen molar-refractivity contribution in [1.29, 1.82) is 0 Å². The molecule has 0 saturated carbocycles. The standard InChI is InChI=1S/C15H20N2O3S/c1-15(2,3)20-14(19)17-12(9-18)8-10-4-6-11(7-5-10)13(16)21/h4-7,9,12H,8H2,1-3H3,(H2,16,21)(H,17,19)/t12-/m0/s1. The van der Waals surface area contributed by atoms with Gasteiger partial charge in [0.1, 0.15) is 16.9 Å². The number of nitrogens with two attached hydrogens (primary N) is 1. The lowest BCUT2D eigenvalue weighted by Gasteiger charge is -2.21. The predicted molar refractivity (Wildman–Crippen MR) is 85.3 cm³/mol. The van der Waals surface area contributed by atoms with Crippen molar-refractivity contribution in [1.82, 2.24) is 5.32 Å². The van der Waals surface area contributed by atoms with Gasteiger partial charge < -0.3 is 20.6 Å². The van der Waals surface area contributed by atoms with Gasteiger partial charge in [-0.15, -0.1) is 0 Å². The average molecular weight is 308 g/mol. The third-order valence-corrected chi connectivity index (χ3v) is 2.80. The van der Waals surface area contributed by atoms with Crippen molar-refractivity contribution < 1.29 is 14.3 Å². The number of ether oxygens (including phenoxy) is 1. The van der Waals surface area contributed by atoms with Crippen LogP contribution in [0.4, 0.5) is 4.79 Å². The van der Waals surface area contributed by atoms with Gasteiger partial charge in [0.15, 0.2) is 0 Å². The quantitative estimate of drug-likeness (QED) is 0.642. The summed E-state index contributed by atoms with van der Waals surface area (Å²) in [5.74, 6) is 0. The second-order valence-electron chi connectivity index (χ2n) is 5.65. The Morgan fingerprint density at radius 2 is 1.95 bits per heavy atom. The van der Waals surface area contributed by atoms with Gasteiger partial charge in [0.05, 0.1) is 6.04 Å². The first-order chi connectivity index (χ1) is 9.71. The van der Waals surface area contributed by atoms with E-state index >= 15 is 0 Å². The molecule has 0 aromatic heterocycles. The van der Waals surface area contributed by atoms with Crippen molar-refractivity contribution in [3.63, 3.8) is 0 Å². The SMILES string of the molecule is CC(C)(C)OC(=O)N[C@H](C=O)Cc1ccc(C(N)=S)cc1. The molecule has 1 amide bonds. The minimum Gasteiger partial charge on any atom is -0.444 e. The van der Waals surface area contributed by atoms with Crippen molar-refractivity contribution in [2.45, 2.75) is 38.8 Å². The summed E-state index contributed by atoms with van der Waals surface area (Å²) in [4.78, 5) is 23.0. The summed E-state index contributed by atoms with van der Waals surface area (Å²) < 4.78 is 5.12. The number of benzene rings is 1. The number of aldehydes is 1. The fourth-order valence-corrected chi connectivity index (χ4v) is 1.79. The van der Waals surface area contributed by atoms with Gasteiger partial charge in [0, 0.05) is 5.56 Å². The van der Waals surface area contributed by atoms with Crippen LogP contribution in [0.25, 0.3) is 0 Å². The number of carbonyl (C=O) groups excluding carboxylic acids is 2. The molecule has 1 atom stereocenters. The van der Waals surface area contributed by atoms with E-state index in [1.165, 1.54) is 0 Å². The van der Waals surface area contributed by atoms with Crippen molar-refractivity contribution in [3.8, 4) is 0 Å². The summed E-state index contributed by atoms with van der Waals surface area (Å²) in [5.41, 5.74) is 6.57. The Morgan fingerprint density at radius 1 is 1.38 bits per heavy atom. The summed E-state index contributed by atoms with van der Waals surface area (Å²) in [7, 11) is 0. The third kappa shape index (κ3) is 6.35. The van der Waals surface area contributed by atoms with Crippen LogP contribution in [0.3, 0.4) is 0 Å². The molecule has 0 aliphatic rings. The van der Waals surface area contributed by atoms with Gasteiger partial charge in [0.2, 0.25) is 0 Å². The maximum Gasteiger partial charge on any atom is 0.408 e. The number of nitrogens with one attached hydrogen (secondary N) is 1. The molecule has 0 aliphatic heterocycles. The first-order valence-corrected chi connectivity index (χ1v) is 6.95. The van der Waals surface area contributed by atoms with Crippen LogP contribution in [0.1, 0.15) is 31.9 Å². The van der Waals surface area contributed by atoms with E-state index in [9.17, 15) is 9.59 Å². The van der Waals surface area contributed by atoms with E-state index in [1.54, 1.807) is 32.9 Å². The second kappa shape index (κ2) is 7.17. The minimum absolute atomic E-state index is 0.320. The zero-order chi connectivity index (χ0) is 16.0. The molecule has 0 fully saturated rings. The Morgan fingerprint density at radius 3 is 2.38 bits per heavy atom. The van der Waals surface area contributed by atoms with E-state index < -0.39 is 17.7 Å². The molecule has 0 spiro atoms. The highest BCUT2D eigenvalue weighted by atomic mass is 32.1. The number of amides is 1. The Bertz CT molecular complexity index is 521. The van der Waals surface area contributed by atoms with E-state index in [0.29, 0.717) is 17.7 Å². The molecule has 0 unspecified atom stereocenters. The van der Waals surface area contributed by atoms with Gasteiger partial charge in [-0.2, -0.15) is 0 Å². The van der Waals surface area contributed by atoms with Crippen molar-refractivity contribution in [2.75, 3.05) is 0 Å². The van der Waals surface area contributed by atoms with E-state index in [2.05, 4.69) is 5.32 Å². The first kappa shape index (κ1) is 17.1. The molecule has 0 heterocycles. The number of hydrogen-bond acceptors (Lipinski definition) is 4. The summed E-state index contributed by atoms with van der Waals surface area (Å²) in [6.45, 7) is 5.28. The molecule has 6 heteroatoms. The molecule has 1 aromatic rings. The fourth-order valence-electron chi connectivity index (χ4n) is 1.65. The molecule has 0 saturated heterocycles. The zero-order valence-corrected chi connectivity index (χ0v) is 13.2. The van der Waals surface area contributed by atoms with Gasteiger partial charge >= 0.3 is 6.09 Å². The molecule has 5 nitrogen and oxygen atoms in total. The van der Waals surface area contributed by atoms with Gasteiger partial charge in [-0.25, -0.2) is 4.79 Å². The number of carbonyl (C=O) groups is 2. The Labute approximate surface area is 129 Å². The molecule has 1 aromatic carbocycles. The zero-order valence-electron chi connectivity index (χ0n) is 12.4. The lowest BCUT2D eigenvalue weighted by molar-refractivity contribution is -0.109. The van der Waals surface area contributed by atoms with E-state index in [4.69, 9.17) is 22.7 Å². The lowest BCUT2D eigenvalue weighted by Crippen LogP contribution is -2.41.